The fourth-order valence-electron chi connectivity index (χ4n) is 3.22. The molecule has 0 bridgehead atoms. The van der Waals surface area contributed by atoms with Gasteiger partial charge in [-0.3, -0.25) is 4.79 Å². The van der Waals surface area contributed by atoms with Gasteiger partial charge in [-0.1, -0.05) is 42.5 Å². The Morgan fingerprint density at radius 1 is 1.11 bits per heavy atom. The third-order valence-corrected chi connectivity index (χ3v) is 4.68. The fourth-order valence-corrected chi connectivity index (χ4v) is 3.22. The lowest BCUT2D eigenvalue weighted by Crippen LogP contribution is -2.10. The van der Waals surface area contributed by atoms with Crippen molar-refractivity contribution in [1.82, 2.24) is 15.3 Å². The van der Waals surface area contributed by atoms with Crippen LogP contribution >= 0.6 is 0 Å². The van der Waals surface area contributed by atoms with Crippen molar-refractivity contribution in [3.63, 3.8) is 0 Å². The van der Waals surface area contributed by atoms with E-state index >= 15 is 0 Å². The molecule has 0 atom stereocenters. The molecule has 3 aromatic rings. The molecule has 140 valence electrons. The van der Waals surface area contributed by atoms with E-state index < -0.39 is 0 Å². The Balaban J connectivity index is 1.86. The highest BCUT2D eigenvalue weighted by atomic mass is 16.1. The molecule has 5 nitrogen and oxygen atoms in total. The first-order valence-corrected chi connectivity index (χ1v) is 9.38. The summed E-state index contributed by atoms with van der Waals surface area (Å²) in [6, 6.07) is 15.4. The van der Waals surface area contributed by atoms with Crippen LogP contribution in [0.2, 0.25) is 0 Å². The number of carbonyl (C=O) groups is 1. The van der Waals surface area contributed by atoms with Crippen molar-refractivity contribution >= 4 is 22.5 Å². The van der Waals surface area contributed by atoms with Crippen LogP contribution in [0, 0.1) is 0 Å². The Morgan fingerprint density at radius 2 is 1.93 bits per heavy atom. The van der Waals surface area contributed by atoms with Crippen molar-refractivity contribution in [3.05, 3.63) is 77.6 Å². The molecule has 0 fully saturated rings. The van der Waals surface area contributed by atoms with E-state index in [9.17, 15) is 4.79 Å². The Kier molecular flexibility index (Phi) is 4.89. The van der Waals surface area contributed by atoms with Crippen LogP contribution < -0.4 is 10.6 Å². The Hall–Kier alpha value is -3.47. The molecule has 0 radical (unpaired) electrons. The van der Waals surface area contributed by atoms with Gasteiger partial charge < -0.3 is 10.6 Å². The van der Waals surface area contributed by atoms with Crippen LogP contribution in [0.25, 0.3) is 22.3 Å². The van der Waals surface area contributed by atoms with Crippen molar-refractivity contribution < 1.29 is 4.79 Å². The Bertz CT molecular complexity index is 1100. The lowest BCUT2D eigenvalue weighted by atomic mass is 10.1. The van der Waals surface area contributed by atoms with Crippen LogP contribution in [0.1, 0.15) is 30.6 Å². The molecule has 1 aromatic heterocycles. The molecule has 0 saturated heterocycles. The average molecular weight is 370 g/mol. The zero-order valence-electron chi connectivity index (χ0n) is 16.0. The minimum absolute atomic E-state index is 0.0207. The van der Waals surface area contributed by atoms with Gasteiger partial charge in [-0.05, 0) is 38.5 Å². The highest BCUT2D eigenvalue weighted by Crippen LogP contribution is 2.27. The van der Waals surface area contributed by atoms with Crippen molar-refractivity contribution in [1.29, 1.82) is 0 Å². The van der Waals surface area contributed by atoms with Crippen molar-refractivity contribution in [2.24, 2.45) is 0 Å². The van der Waals surface area contributed by atoms with E-state index in [1.54, 1.807) is 6.92 Å². The zero-order valence-corrected chi connectivity index (χ0v) is 16.0. The molecule has 1 aliphatic heterocycles. The molecule has 0 unspecified atom stereocenters. The number of carbonyl (C=O) groups excluding carboxylic acids is 1. The average Bonchev–Trinajstić information content (AvgIpc) is 2.91. The van der Waals surface area contributed by atoms with Gasteiger partial charge in [0.05, 0.1) is 5.52 Å². The highest BCUT2D eigenvalue weighted by molar-refractivity contribution is 6.00. The van der Waals surface area contributed by atoms with E-state index in [1.165, 1.54) is 0 Å². The second-order valence-electron chi connectivity index (χ2n) is 6.88. The van der Waals surface area contributed by atoms with Crippen LogP contribution in [0.4, 0.5) is 5.82 Å². The molecular formula is C23H22N4O. The number of ketones is 1. The summed E-state index contributed by atoms with van der Waals surface area (Å²) in [6.07, 6.45) is 5.16. The fraction of sp³-hybridized carbons (Fsp3) is 0.174. The number of nitrogens with zero attached hydrogens (tertiary/aromatic N) is 2. The van der Waals surface area contributed by atoms with Crippen molar-refractivity contribution in [3.8, 4) is 11.4 Å². The number of anilines is 1. The van der Waals surface area contributed by atoms with Gasteiger partial charge in [0.2, 0.25) is 0 Å². The van der Waals surface area contributed by atoms with E-state index in [0.717, 1.165) is 46.6 Å². The predicted molar refractivity (Wildman–Crippen MR) is 113 cm³/mol. The maximum atomic E-state index is 11.8. The Morgan fingerprint density at radius 3 is 2.71 bits per heavy atom. The molecule has 2 heterocycles. The largest absolute Gasteiger partial charge is 0.388 e. The second-order valence-corrected chi connectivity index (χ2v) is 6.88. The number of hydrogen-bond donors (Lipinski definition) is 2. The van der Waals surface area contributed by atoms with Gasteiger partial charge in [-0.15, -0.1) is 0 Å². The van der Waals surface area contributed by atoms with Crippen LogP contribution in [0.3, 0.4) is 0 Å². The summed E-state index contributed by atoms with van der Waals surface area (Å²) in [5.74, 6) is 1.38. The van der Waals surface area contributed by atoms with Gasteiger partial charge in [-0.2, -0.15) is 0 Å². The molecule has 0 saturated carbocycles. The zero-order chi connectivity index (χ0) is 19.5. The van der Waals surface area contributed by atoms with Crippen LogP contribution in [-0.2, 0) is 0 Å². The molecule has 0 aliphatic carbocycles. The van der Waals surface area contributed by atoms with E-state index in [1.807, 2.05) is 55.5 Å². The molecule has 4 rings (SSSR count). The van der Waals surface area contributed by atoms with E-state index in [4.69, 9.17) is 9.97 Å². The molecule has 5 heteroatoms. The minimum atomic E-state index is 0.0207. The normalized spacial score (nSPS) is 13.9. The predicted octanol–water partition coefficient (Wildman–Crippen LogP) is 4.69. The SMILES string of the molecule is CC(=O)c1ccc2c(NC3=CCCNC(C)=C3)nc(-c3ccccc3)nc2c1. The van der Waals surface area contributed by atoms with Gasteiger partial charge in [0, 0.05) is 34.5 Å². The lowest BCUT2D eigenvalue weighted by Gasteiger charge is -2.12. The lowest BCUT2D eigenvalue weighted by molar-refractivity contribution is 0.101. The quantitative estimate of drug-likeness (QED) is 0.652. The molecule has 0 amide bonds. The number of aromatic nitrogens is 2. The number of fused-ring (bicyclic) bond motifs is 1. The molecule has 1 aliphatic rings. The van der Waals surface area contributed by atoms with E-state index in [-0.39, 0.29) is 5.78 Å². The first-order valence-electron chi connectivity index (χ1n) is 9.38. The highest BCUT2D eigenvalue weighted by Gasteiger charge is 2.12. The summed E-state index contributed by atoms with van der Waals surface area (Å²) in [5.41, 5.74) is 4.43. The van der Waals surface area contributed by atoms with Gasteiger partial charge in [0.25, 0.3) is 0 Å². The third-order valence-electron chi connectivity index (χ3n) is 4.68. The third kappa shape index (κ3) is 3.78. The molecule has 0 spiro atoms. The number of hydrogen-bond acceptors (Lipinski definition) is 5. The number of benzene rings is 2. The molecule has 28 heavy (non-hydrogen) atoms. The van der Waals surface area contributed by atoms with Crippen LogP contribution in [0.5, 0.6) is 0 Å². The van der Waals surface area contributed by atoms with Gasteiger partial charge in [-0.25, -0.2) is 9.97 Å². The second kappa shape index (κ2) is 7.64. The summed E-state index contributed by atoms with van der Waals surface area (Å²) in [4.78, 5) is 21.4. The number of nitrogens with one attached hydrogen (secondary N) is 2. The van der Waals surface area contributed by atoms with Gasteiger partial charge in [0.15, 0.2) is 11.6 Å². The van der Waals surface area contributed by atoms with Crippen molar-refractivity contribution in [2.75, 3.05) is 11.9 Å². The van der Waals surface area contributed by atoms with Crippen LogP contribution in [-0.4, -0.2) is 22.3 Å². The van der Waals surface area contributed by atoms with Crippen molar-refractivity contribution in [2.45, 2.75) is 20.3 Å². The Labute approximate surface area is 164 Å². The monoisotopic (exact) mass is 370 g/mol. The number of allylic oxidation sites excluding steroid dienone is 2. The van der Waals surface area contributed by atoms with Crippen LogP contribution in [0.15, 0.2) is 72.1 Å². The summed E-state index contributed by atoms with van der Waals surface area (Å²) in [6.45, 7) is 4.53. The summed E-state index contributed by atoms with van der Waals surface area (Å²) in [5, 5.41) is 7.70. The number of Topliss-reactive ketones (excluding diaryl/α,β-unsaturated/α-hetero) is 1. The first-order chi connectivity index (χ1) is 13.6. The van der Waals surface area contributed by atoms with Gasteiger partial charge in [0.1, 0.15) is 5.82 Å². The topological polar surface area (TPSA) is 66.9 Å². The standard InChI is InChI=1S/C23H22N4O/c1-15-13-19(9-6-12-24-15)25-23-20-11-10-18(16(2)28)14-21(20)26-22(27-23)17-7-4-3-5-8-17/h3-5,7-11,13-14,24H,6,12H2,1-2H3,(H,25,26,27). The molecular weight excluding hydrogens is 348 g/mol. The molecule has 2 aromatic carbocycles. The molecule has 2 N–H and O–H groups in total. The summed E-state index contributed by atoms with van der Waals surface area (Å²) >= 11 is 0. The summed E-state index contributed by atoms with van der Waals surface area (Å²) < 4.78 is 0. The maximum Gasteiger partial charge on any atom is 0.162 e. The minimum Gasteiger partial charge on any atom is -0.388 e. The summed E-state index contributed by atoms with van der Waals surface area (Å²) in [7, 11) is 0. The first kappa shape index (κ1) is 17.9. The number of rotatable bonds is 4. The van der Waals surface area contributed by atoms with Gasteiger partial charge >= 0.3 is 0 Å². The van der Waals surface area contributed by atoms with E-state index in [0.29, 0.717) is 11.4 Å². The smallest absolute Gasteiger partial charge is 0.162 e. The maximum absolute atomic E-state index is 11.8. The van der Waals surface area contributed by atoms with E-state index in [2.05, 4.69) is 22.8 Å².